The van der Waals surface area contributed by atoms with Crippen molar-refractivity contribution in [3.63, 3.8) is 0 Å². The van der Waals surface area contributed by atoms with Crippen LogP contribution in [0.1, 0.15) is 37.0 Å². The van der Waals surface area contributed by atoms with Gasteiger partial charge in [-0.05, 0) is 47.6 Å². The summed E-state index contributed by atoms with van der Waals surface area (Å²) >= 11 is 1.76. The van der Waals surface area contributed by atoms with E-state index in [4.69, 9.17) is 0 Å². The van der Waals surface area contributed by atoms with Crippen molar-refractivity contribution in [1.82, 2.24) is 0 Å². The second-order valence-corrected chi connectivity index (χ2v) is 6.61. The summed E-state index contributed by atoms with van der Waals surface area (Å²) in [5, 5.41) is 0. The van der Waals surface area contributed by atoms with E-state index in [0.717, 1.165) is 5.75 Å². The number of hydrogen-bond donors (Lipinski definition) is 0. The van der Waals surface area contributed by atoms with Gasteiger partial charge in [-0.25, -0.2) is 0 Å². The average Bonchev–Trinajstić information content (AvgIpc) is 2.75. The fourth-order valence-electron chi connectivity index (χ4n) is 2.42. The lowest BCUT2D eigenvalue weighted by Gasteiger charge is -2.06. The summed E-state index contributed by atoms with van der Waals surface area (Å²) in [6, 6.07) is 6.59. The molecule has 1 aromatic carbocycles. The van der Waals surface area contributed by atoms with Gasteiger partial charge in [-0.2, -0.15) is 11.8 Å². The summed E-state index contributed by atoms with van der Waals surface area (Å²) in [6.45, 7) is 4.38. The normalized spacial score (nSPS) is 13.9. The Kier molecular flexibility index (Phi) is 4.87. The van der Waals surface area contributed by atoms with Crippen LogP contribution < -0.4 is 0 Å². The molecule has 1 aromatic rings. The molecule has 0 heterocycles. The SMILES string of the molecule is CC(C)CSCC(=O)Cc1ccc2c(c1)CCC2. The van der Waals surface area contributed by atoms with Gasteiger partial charge in [0.25, 0.3) is 0 Å². The molecule has 1 aliphatic carbocycles. The van der Waals surface area contributed by atoms with E-state index in [1.807, 2.05) is 0 Å². The number of carbonyl (C=O) groups excluding carboxylic acids is 1. The van der Waals surface area contributed by atoms with E-state index in [1.54, 1.807) is 11.8 Å². The van der Waals surface area contributed by atoms with Gasteiger partial charge in [0.05, 0.1) is 5.75 Å². The molecule has 1 nitrogen and oxygen atoms in total. The fourth-order valence-corrected chi connectivity index (χ4v) is 3.34. The highest BCUT2D eigenvalue weighted by Gasteiger charge is 2.12. The zero-order chi connectivity index (χ0) is 13.0. The molecule has 0 bridgehead atoms. The van der Waals surface area contributed by atoms with Crippen molar-refractivity contribution in [3.8, 4) is 0 Å². The molecule has 2 rings (SSSR count). The van der Waals surface area contributed by atoms with E-state index < -0.39 is 0 Å². The molecule has 0 atom stereocenters. The van der Waals surface area contributed by atoms with Gasteiger partial charge in [-0.1, -0.05) is 32.0 Å². The number of carbonyl (C=O) groups is 1. The standard InChI is InChI=1S/C16H22OS/c1-12(2)10-18-11-16(17)9-13-6-7-14-4-3-5-15(14)8-13/h6-8,12H,3-5,9-11H2,1-2H3. The summed E-state index contributed by atoms with van der Waals surface area (Å²) < 4.78 is 0. The fraction of sp³-hybridized carbons (Fsp3) is 0.562. The number of benzene rings is 1. The van der Waals surface area contributed by atoms with Crippen LogP contribution in [-0.2, 0) is 24.1 Å². The van der Waals surface area contributed by atoms with Crippen LogP contribution in [-0.4, -0.2) is 17.3 Å². The largest absolute Gasteiger partial charge is 0.298 e. The monoisotopic (exact) mass is 262 g/mol. The second-order valence-electron chi connectivity index (χ2n) is 5.58. The molecule has 0 aliphatic heterocycles. The van der Waals surface area contributed by atoms with Crippen molar-refractivity contribution >= 4 is 17.5 Å². The highest BCUT2D eigenvalue weighted by atomic mass is 32.2. The van der Waals surface area contributed by atoms with Gasteiger partial charge >= 0.3 is 0 Å². The van der Waals surface area contributed by atoms with Gasteiger partial charge in [0, 0.05) is 6.42 Å². The van der Waals surface area contributed by atoms with Crippen molar-refractivity contribution < 1.29 is 4.79 Å². The molecule has 0 amide bonds. The molecule has 98 valence electrons. The molecule has 18 heavy (non-hydrogen) atoms. The molecular weight excluding hydrogens is 240 g/mol. The van der Waals surface area contributed by atoms with Gasteiger partial charge in [-0.15, -0.1) is 0 Å². The lowest BCUT2D eigenvalue weighted by atomic mass is 10.0. The number of thioether (sulfide) groups is 1. The Morgan fingerprint density at radius 3 is 2.83 bits per heavy atom. The molecule has 0 saturated heterocycles. The average molecular weight is 262 g/mol. The predicted molar refractivity (Wildman–Crippen MR) is 79.3 cm³/mol. The molecular formula is C16H22OS. The lowest BCUT2D eigenvalue weighted by molar-refractivity contribution is -0.116. The Morgan fingerprint density at radius 2 is 2.06 bits per heavy atom. The van der Waals surface area contributed by atoms with Gasteiger partial charge < -0.3 is 0 Å². The maximum absolute atomic E-state index is 11.9. The van der Waals surface area contributed by atoms with Crippen LogP contribution in [0.5, 0.6) is 0 Å². The number of fused-ring (bicyclic) bond motifs is 1. The summed E-state index contributed by atoms with van der Waals surface area (Å²) in [4.78, 5) is 11.9. The molecule has 0 N–H and O–H groups in total. The Balaban J connectivity index is 1.84. The van der Waals surface area contributed by atoms with Crippen molar-refractivity contribution in [2.24, 2.45) is 5.92 Å². The summed E-state index contributed by atoms with van der Waals surface area (Å²) in [6.07, 6.45) is 4.29. The third kappa shape index (κ3) is 3.88. The van der Waals surface area contributed by atoms with Crippen molar-refractivity contribution in [2.75, 3.05) is 11.5 Å². The van der Waals surface area contributed by atoms with Gasteiger partial charge in [0.2, 0.25) is 0 Å². The van der Waals surface area contributed by atoms with Gasteiger partial charge in [0.15, 0.2) is 0 Å². The van der Waals surface area contributed by atoms with E-state index >= 15 is 0 Å². The maximum atomic E-state index is 11.9. The Hall–Kier alpha value is -0.760. The zero-order valence-corrected chi connectivity index (χ0v) is 12.2. The number of ketones is 1. The van der Waals surface area contributed by atoms with E-state index in [0.29, 0.717) is 23.9 Å². The minimum absolute atomic E-state index is 0.360. The van der Waals surface area contributed by atoms with Crippen LogP contribution >= 0.6 is 11.8 Å². The lowest BCUT2D eigenvalue weighted by Crippen LogP contribution is -2.07. The third-order valence-electron chi connectivity index (χ3n) is 3.28. The topological polar surface area (TPSA) is 17.1 Å². The first-order valence-corrected chi connectivity index (χ1v) is 8.00. The molecule has 0 unspecified atom stereocenters. The quantitative estimate of drug-likeness (QED) is 0.778. The summed E-state index contributed by atoms with van der Waals surface area (Å²) in [7, 11) is 0. The summed E-state index contributed by atoms with van der Waals surface area (Å²) in [5.41, 5.74) is 4.15. The Bertz CT molecular complexity index is 423. The number of aryl methyl sites for hydroxylation is 2. The minimum atomic E-state index is 0.360. The molecule has 0 saturated carbocycles. The molecule has 0 aromatic heterocycles. The maximum Gasteiger partial charge on any atom is 0.147 e. The molecule has 0 fully saturated rings. The van der Waals surface area contributed by atoms with Crippen LogP contribution in [0.2, 0.25) is 0 Å². The van der Waals surface area contributed by atoms with E-state index in [-0.39, 0.29) is 0 Å². The van der Waals surface area contributed by atoms with E-state index in [1.165, 1.54) is 36.0 Å². The van der Waals surface area contributed by atoms with Crippen molar-refractivity contribution in [2.45, 2.75) is 39.5 Å². The van der Waals surface area contributed by atoms with E-state index in [2.05, 4.69) is 32.0 Å². The number of rotatable bonds is 6. The highest BCUT2D eigenvalue weighted by Crippen LogP contribution is 2.23. The predicted octanol–water partition coefficient (Wildman–Crippen LogP) is 3.68. The Labute approximate surface area is 114 Å². The third-order valence-corrected chi connectivity index (χ3v) is 4.71. The van der Waals surface area contributed by atoms with Crippen LogP contribution in [0.4, 0.5) is 0 Å². The van der Waals surface area contributed by atoms with Crippen molar-refractivity contribution in [3.05, 3.63) is 34.9 Å². The molecule has 2 heteroatoms. The second kappa shape index (κ2) is 6.42. The first-order chi connectivity index (χ1) is 8.65. The van der Waals surface area contributed by atoms with Crippen LogP contribution in [0.3, 0.4) is 0 Å². The van der Waals surface area contributed by atoms with Crippen LogP contribution in [0.25, 0.3) is 0 Å². The Morgan fingerprint density at radius 1 is 1.28 bits per heavy atom. The highest BCUT2D eigenvalue weighted by molar-refractivity contribution is 7.99. The van der Waals surface area contributed by atoms with Crippen LogP contribution in [0, 0.1) is 5.92 Å². The van der Waals surface area contributed by atoms with Gasteiger partial charge in [-0.3, -0.25) is 4.79 Å². The van der Waals surface area contributed by atoms with Crippen molar-refractivity contribution in [1.29, 1.82) is 0 Å². The summed E-state index contributed by atoms with van der Waals surface area (Å²) in [5.74, 6) is 2.77. The number of Topliss-reactive ketones (excluding diaryl/α,β-unsaturated/α-hetero) is 1. The molecule has 0 radical (unpaired) electrons. The van der Waals surface area contributed by atoms with Crippen LogP contribution in [0.15, 0.2) is 18.2 Å². The molecule has 1 aliphatic rings. The molecule has 0 spiro atoms. The smallest absolute Gasteiger partial charge is 0.147 e. The zero-order valence-electron chi connectivity index (χ0n) is 11.4. The number of hydrogen-bond acceptors (Lipinski definition) is 2. The first-order valence-electron chi connectivity index (χ1n) is 6.85. The van der Waals surface area contributed by atoms with Gasteiger partial charge in [0.1, 0.15) is 5.78 Å². The first kappa shape index (κ1) is 13.7. The van der Waals surface area contributed by atoms with E-state index in [9.17, 15) is 4.79 Å². The minimum Gasteiger partial charge on any atom is -0.298 e.